The van der Waals surface area contributed by atoms with Crippen LogP contribution in [-0.2, 0) is 4.79 Å². The van der Waals surface area contributed by atoms with Gasteiger partial charge in [0, 0.05) is 20.3 Å². The summed E-state index contributed by atoms with van der Waals surface area (Å²) >= 11 is 0. The molecule has 0 amide bonds. The lowest BCUT2D eigenvalue weighted by Gasteiger charge is -2.13. The van der Waals surface area contributed by atoms with Crippen molar-refractivity contribution < 1.29 is 9.90 Å². The highest BCUT2D eigenvalue weighted by atomic mass is 16.4. The molecule has 1 heterocycles. The first kappa shape index (κ1) is 11.2. The average Bonchev–Trinajstić information content (AvgIpc) is 2.18. The first-order valence-corrected chi connectivity index (χ1v) is 4.50. The standard InChI is InChI=1S/C9H14N4O2/c1-6(8(14)15)11-7-4-5-10-9(12-7)13(2)3/h4-6H,1-3H3,(H,14,15)(H,10,11,12). The second-order valence-corrected chi connectivity index (χ2v) is 3.34. The van der Waals surface area contributed by atoms with Crippen LogP contribution in [0.15, 0.2) is 12.3 Å². The van der Waals surface area contributed by atoms with Gasteiger partial charge in [-0.25, -0.2) is 4.98 Å². The number of nitrogens with zero attached hydrogens (tertiary/aromatic N) is 3. The summed E-state index contributed by atoms with van der Waals surface area (Å²) in [6.07, 6.45) is 1.58. The molecule has 1 rings (SSSR count). The highest BCUT2D eigenvalue weighted by molar-refractivity contribution is 5.76. The van der Waals surface area contributed by atoms with Gasteiger partial charge in [0.05, 0.1) is 0 Å². The van der Waals surface area contributed by atoms with E-state index in [0.717, 1.165) is 0 Å². The van der Waals surface area contributed by atoms with Gasteiger partial charge in [0.1, 0.15) is 11.9 Å². The molecule has 0 aliphatic rings. The Kier molecular flexibility index (Phi) is 3.43. The third-order valence-corrected chi connectivity index (χ3v) is 1.78. The molecule has 0 aliphatic carbocycles. The third kappa shape index (κ3) is 3.08. The second-order valence-electron chi connectivity index (χ2n) is 3.34. The van der Waals surface area contributed by atoms with E-state index in [1.807, 2.05) is 14.1 Å². The summed E-state index contributed by atoms with van der Waals surface area (Å²) < 4.78 is 0. The molecule has 0 saturated heterocycles. The van der Waals surface area contributed by atoms with E-state index in [9.17, 15) is 4.79 Å². The summed E-state index contributed by atoms with van der Waals surface area (Å²) in [5, 5.41) is 11.5. The maximum absolute atomic E-state index is 10.6. The van der Waals surface area contributed by atoms with Crippen LogP contribution in [0, 0.1) is 0 Å². The first-order valence-electron chi connectivity index (χ1n) is 4.50. The van der Waals surface area contributed by atoms with Gasteiger partial charge in [0.25, 0.3) is 0 Å². The van der Waals surface area contributed by atoms with Crippen molar-refractivity contribution in [3.8, 4) is 0 Å². The second kappa shape index (κ2) is 4.59. The van der Waals surface area contributed by atoms with E-state index in [2.05, 4.69) is 15.3 Å². The van der Waals surface area contributed by atoms with Crippen molar-refractivity contribution in [3.63, 3.8) is 0 Å². The first-order chi connectivity index (χ1) is 7.00. The topological polar surface area (TPSA) is 78.4 Å². The van der Waals surface area contributed by atoms with Crippen molar-refractivity contribution in [2.45, 2.75) is 13.0 Å². The summed E-state index contributed by atoms with van der Waals surface area (Å²) in [5.74, 6) is 0.126. The van der Waals surface area contributed by atoms with Crippen LogP contribution >= 0.6 is 0 Å². The zero-order valence-corrected chi connectivity index (χ0v) is 8.93. The van der Waals surface area contributed by atoms with Gasteiger partial charge in [-0.1, -0.05) is 0 Å². The predicted molar refractivity (Wildman–Crippen MR) is 57.1 cm³/mol. The fourth-order valence-electron chi connectivity index (χ4n) is 0.928. The molecule has 0 bridgehead atoms. The largest absolute Gasteiger partial charge is 0.480 e. The lowest BCUT2D eigenvalue weighted by atomic mass is 10.3. The van der Waals surface area contributed by atoms with Crippen molar-refractivity contribution in [2.75, 3.05) is 24.3 Å². The minimum absolute atomic E-state index is 0.503. The van der Waals surface area contributed by atoms with Crippen LogP contribution in [0.3, 0.4) is 0 Å². The lowest BCUT2D eigenvalue weighted by Crippen LogP contribution is -2.26. The molecule has 15 heavy (non-hydrogen) atoms. The number of aromatic nitrogens is 2. The summed E-state index contributed by atoms with van der Waals surface area (Å²) in [4.78, 5) is 20.5. The van der Waals surface area contributed by atoms with Crippen LogP contribution in [0.4, 0.5) is 11.8 Å². The summed E-state index contributed by atoms with van der Waals surface area (Å²) in [6.45, 7) is 1.56. The van der Waals surface area contributed by atoms with Gasteiger partial charge >= 0.3 is 5.97 Å². The Bertz CT molecular complexity index is 354. The molecule has 0 saturated carbocycles. The molecule has 0 aromatic carbocycles. The van der Waals surface area contributed by atoms with E-state index in [0.29, 0.717) is 11.8 Å². The molecule has 1 unspecified atom stereocenters. The number of carboxylic acid groups (broad SMARTS) is 1. The zero-order valence-electron chi connectivity index (χ0n) is 8.93. The van der Waals surface area contributed by atoms with Crippen molar-refractivity contribution in [1.82, 2.24) is 9.97 Å². The van der Waals surface area contributed by atoms with Gasteiger partial charge < -0.3 is 15.3 Å². The van der Waals surface area contributed by atoms with Crippen molar-refractivity contribution in [2.24, 2.45) is 0 Å². The Morgan fingerprint density at radius 3 is 2.80 bits per heavy atom. The number of carbonyl (C=O) groups is 1. The molecule has 82 valence electrons. The molecule has 6 nitrogen and oxygen atoms in total. The molecule has 0 radical (unpaired) electrons. The summed E-state index contributed by atoms with van der Waals surface area (Å²) in [5.41, 5.74) is 0. The van der Waals surface area contributed by atoms with E-state index in [4.69, 9.17) is 5.11 Å². The minimum atomic E-state index is -0.917. The smallest absolute Gasteiger partial charge is 0.325 e. The maximum Gasteiger partial charge on any atom is 0.325 e. The SMILES string of the molecule is CC(Nc1ccnc(N(C)C)n1)C(=O)O. The van der Waals surface area contributed by atoms with Gasteiger partial charge in [-0.3, -0.25) is 4.79 Å². The highest BCUT2D eigenvalue weighted by Crippen LogP contribution is 2.08. The number of carboxylic acids is 1. The van der Waals surface area contributed by atoms with Crippen LogP contribution in [0.25, 0.3) is 0 Å². The van der Waals surface area contributed by atoms with E-state index in [1.54, 1.807) is 24.1 Å². The Morgan fingerprint density at radius 2 is 2.27 bits per heavy atom. The number of rotatable bonds is 4. The van der Waals surface area contributed by atoms with Crippen LogP contribution in [-0.4, -0.2) is 41.2 Å². The summed E-state index contributed by atoms with van der Waals surface area (Å²) in [6, 6.07) is 0.960. The minimum Gasteiger partial charge on any atom is -0.480 e. The number of hydrogen-bond acceptors (Lipinski definition) is 5. The monoisotopic (exact) mass is 210 g/mol. The zero-order chi connectivity index (χ0) is 11.4. The molecule has 6 heteroatoms. The van der Waals surface area contributed by atoms with Crippen molar-refractivity contribution in [3.05, 3.63) is 12.3 Å². The van der Waals surface area contributed by atoms with Crippen LogP contribution in [0.2, 0.25) is 0 Å². The Labute approximate surface area is 88.0 Å². The Hall–Kier alpha value is -1.85. The van der Waals surface area contributed by atoms with E-state index < -0.39 is 12.0 Å². The lowest BCUT2D eigenvalue weighted by molar-refractivity contribution is -0.137. The third-order valence-electron chi connectivity index (χ3n) is 1.78. The van der Waals surface area contributed by atoms with E-state index >= 15 is 0 Å². The molecule has 1 aromatic heterocycles. The van der Waals surface area contributed by atoms with Crippen molar-refractivity contribution in [1.29, 1.82) is 0 Å². The van der Waals surface area contributed by atoms with Gasteiger partial charge in [-0.2, -0.15) is 4.98 Å². The molecule has 2 N–H and O–H groups in total. The highest BCUT2D eigenvalue weighted by Gasteiger charge is 2.11. The quantitative estimate of drug-likeness (QED) is 0.750. The molecule has 0 spiro atoms. The fraction of sp³-hybridized carbons (Fsp3) is 0.444. The van der Waals surface area contributed by atoms with Crippen LogP contribution in [0.5, 0.6) is 0 Å². The van der Waals surface area contributed by atoms with Gasteiger partial charge in [0.15, 0.2) is 0 Å². The molecular formula is C9H14N4O2. The fourth-order valence-corrected chi connectivity index (χ4v) is 0.928. The van der Waals surface area contributed by atoms with Crippen LogP contribution in [0.1, 0.15) is 6.92 Å². The normalized spacial score (nSPS) is 11.9. The maximum atomic E-state index is 10.6. The number of anilines is 2. The Balaban J connectivity index is 2.78. The van der Waals surface area contributed by atoms with E-state index in [1.165, 1.54) is 0 Å². The average molecular weight is 210 g/mol. The molecule has 1 aromatic rings. The Morgan fingerprint density at radius 1 is 1.60 bits per heavy atom. The van der Waals surface area contributed by atoms with Crippen LogP contribution < -0.4 is 10.2 Å². The molecular weight excluding hydrogens is 196 g/mol. The van der Waals surface area contributed by atoms with Gasteiger partial charge in [0.2, 0.25) is 5.95 Å². The van der Waals surface area contributed by atoms with Crippen molar-refractivity contribution >= 4 is 17.7 Å². The van der Waals surface area contributed by atoms with Gasteiger partial charge in [-0.05, 0) is 13.0 Å². The predicted octanol–water partition coefficient (Wildman–Crippen LogP) is 0.428. The molecule has 0 aliphatic heterocycles. The molecule has 1 atom stereocenters. The van der Waals surface area contributed by atoms with Gasteiger partial charge in [-0.15, -0.1) is 0 Å². The van der Waals surface area contributed by atoms with E-state index in [-0.39, 0.29) is 0 Å². The number of hydrogen-bond donors (Lipinski definition) is 2. The summed E-state index contributed by atoms with van der Waals surface area (Å²) in [7, 11) is 3.64. The molecule has 0 fully saturated rings. The number of nitrogens with one attached hydrogen (secondary N) is 1. The number of aliphatic carboxylic acids is 1.